The van der Waals surface area contributed by atoms with Gasteiger partial charge in [0.2, 0.25) is 0 Å². The van der Waals surface area contributed by atoms with Crippen molar-refractivity contribution in [3.05, 3.63) is 64.8 Å². The Kier molecular flexibility index (Phi) is 3.81. The summed E-state index contributed by atoms with van der Waals surface area (Å²) >= 11 is 0. The van der Waals surface area contributed by atoms with E-state index in [1.807, 2.05) is 24.3 Å². The van der Waals surface area contributed by atoms with Crippen LogP contribution in [0.2, 0.25) is 0 Å². The normalized spacial score (nSPS) is 15.8. The number of pyridine rings is 1. The van der Waals surface area contributed by atoms with E-state index in [4.69, 9.17) is 9.47 Å². The minimum atomic E-state index is -0.389. The summed E-state index contributed by atoms with van der Waals surface area (Å²) in [5, 5.41) is 15.1. The van der Waals surface area contributed by atoms with Crippen LogP contribution in [0.25, 0.3) is 10.9 Å². The lowest BCUT2D eigenvalue weighted by Gasteiger charge is -2.26. The van der Waals surface area contributed by atoms with Crippen molar-refractivity contribution in [2.24, 2.45) is 0 Å². The summed E-state index contributed by atoms with van der Waals surface area (Å²) in [7, 11) is 0. The van der Waals surface area contributed by atoms with Crippen molar-refractivity contribution in [2.75, 3.05) is 18.5 Å². The Balaban J connectivity index is 1.56. The molecule has 1 aromatic heterocycles. The molecule has 126 valence electrons. The number of anilines is 1. The molecule has 4 rings (SSSR count). The van der Waals surface area contributed by atoms with E-state index in [0.29, 0.717) is 41.2 Å². The van der Waals surface area contributed by atoms with Gasteiger partial charge in [0.15, 0.2) is 11.5 Å². The lowest BCUT2D eigenvalue weighted by molar-refractivity contribution is -0.382. The van der Waals surface area contributed by atoms with Crippen LogP contribution in [0.5, 0.6) is 11.5 Å². The highest BCUT2D eigenvalue weighted by Crippen LogP contribution is 2.34. The van der Waals surface area contributed by atoms with Crippen molar-refractivity contribution in [1.82, 2.24) is 4.98 Å². The molecule has 2 heterocycles. The molecule has 0 amide bonds. The fourth-order valence-corrected chi connectivity index (χ4v) is 2.86. The van der Waals surface area contributed by atoms with Crippen LogP contribution in [0.15, 0.2) is 54.7 Å². The number of benzene rings is 2. The standard InChI is InChI=1S/C18H15N3O4/c22-21(23)18-13-4-3-9-19-14(13)7-8-15(18)20-10-12-11-24-16-5-1-2-6-17(16)25-12/h1-9,12,20H,10-11H2/t12-/m1/s1. The van der Waals surface area contributed by atoms with E-state index in [1.54, 1.807) is 30.5 Å². The molecule has 1 atom stereocenters. The lowest BCUT2D eigenvalue weighted by Crippen LogP contribution is -2.35. The number of nitrogens with one attached hydrogen (secondary N) is 1. The zero-order valence-electron chi connectivity index (χ0n) is 13.2. The number of fused-ring (bicyclic) bond motifs is 2. The summed E-state index contributed by atoms with van der Waals surface area (Å²) in [6.07, 6.45) is 1.38. The molecule has 2 aromatic carbocycles. The minimum absolute atomic E-state index is 0.0164. The zero-order chi connectivity index (χ0) is 17.2. The molecule has 7 nitrogen and oxygen atoms in total. The van der Waals surface area contributed by atoms with E-state index in [0.717, 1.165) is 0 Å². The third-order valence-corrected chi connectivity index (χ3v) is 4.03. The van der Waals surface area contributed by atoms with Crippen molar-refractivity contribution >= 4 is 22.3 Å². The summed E-state index contributed by atoms with van der Waals surface area (Å²) in [6.45, 7) is 0.772. The smallest absolute Gasteiger partial charge is 0.301 e. The first-order valence-electron chi connectivity index (χ1n) is 7.87. The predicted octanol–water partition coefficient (Wildman–Crippen LogP) is 3.39. The molecule has 7 heteroatoms. The minimum Gasteiger partial charge on any atom is -0.486 e. The van der Waals surface area contributed by atoms with Gasteiger partial charge >= 0.3 is 5.69 Å². The largest absolute Gasteiger partial charge is 0.486 e. The first-order valence-corrected chi connectivity index (χ1v) is 7.87. The summed E-state index contributed by atoms with van der Waals surface area (Å²) in [6, 6.07) is 14.3. The highest BCUT2D eigenvalue weighted by Gasteiger charge is 2.23. The molecule has 0 saturated heterocycles. The van der Waals surface area contributed by atoms with Crippen molar-refractivity contribution < 1.29 is 14.4 Å². The van der Waals surface area contributed by atoms with Crippen molar-refractivity contribution in [1.29, 1.82) is 0 Å². The van der Waals surface area contributed by atoms with Gasteiger partial charge in [-0.2, -0.15) is 0 Å². The van der Waals surface area contributed by atoms with Gasteiger partial charge in [-0.05, 0) is 36.4 Å². The third kappa shape index (κ3) is 2.91. The summed E-state index contributed by atoms with van der Waals surface area (Å²) in [5.74, 6) is 1.39. The van der Waals surface area contributed by atoms with Crippen LogP contribution >= 0.6 is 0 Å². The zero-order valence-corrected chi connectivity index (χ0v) is 13.2. The summed E-state index contributed by atoms with van der Waals surface area (Å²) in [5.41, 5.74) is 1.04. The quantitative estimate of drug-likeness (QED) is 0.580. The monoisotopic (exact) mass is 337 g/mol. The van der Waals surface area contributed by atoms with Crippen LogP contribution in [0.3, 0.4) is 0 Å². The second-order valence-corrected chi connectivity index (χ2v) is 5.67. The van der Waals surface area contributed by atoms with Crippen LogP contribution in [0.4, 0.5) is 11.4 Å². The van der Waals surface area contributed by atoms with Crippen LogP contribution in [0.1, 0.15) is 0 Å². The molecule has 0 fully saturated rings. The van der Waals surface area contributed by atoms with E-state index in [2.05, 4.69) is 10.3 Å². The molecule has 1 N–H and O–H groups in total. The van der Waals surface area contributed by atoms with Crippen LogP contribution in [-0.2, 0) is 0 Å². The molecule has 1 aliphatic heterocycles. The predicted molar refractivity (Wildman–Crippen MR) is 93.2 cm³/mol. The molecule has 0 unspecified atom stereocenters. The van der Waals surface area contributed by atoms with Gasteiger partial charge in [-0.15, -0.1) is 0 Å². The molecule has 25 heavy (non-hydrogen) atoms. The Morgan fingerprint density at radius 1 is 1.16 bits per heavy atom. The van der Waals surface area contributed by atoms with Gasteiger partial charge in [-0.3, -0.25) is 15.1 Å². The van der Waals surface area contributed by atoms with E-state index in [1.165, 1.54) is 0 Å². The van der Waals surface area contributed by atoms with Gasteiger partial charge < -0.3 is 14.8 Å². The Hall–Kier alpha value is -3.35. The molecule has 0 aliphatic carbocycles. The van der Waals surface area contributed by atoms with E-state index in [-0.39, 0.29) is 16.7 Å². The van der Waals surface area contributed by atoms with Crippen molar-refractivity contribution in [3.63, 3.8) is 0 Å². The molecule has 0 radical (unpaired) electrons. The second-order valence-electron chi connectivity index (χ2n) is 5.67. The highest BCUT2D eigenvalue weighted by molar-refractivity contribution is 5.94. The van der Waals surface area contributed by atoms with E-state index < -0.39 is 0 Å². The highest BCUT2D eigenvalue weighted by atomic mass is 16.6. The SMILES string of the molecule is O=[N+]([O-])c1c(NC[C@@H]2COc3ccccc3O2)ccc2ncccc12. The van der Waals surface area contributed by atoms with Gasteiger partial charge in [-0.1, -0.05) is 12.1 Å². The molecule has 0 bridgehead atoms. The molecule has 1 aliphatic rings. The number of rotatable bonds is 4. The fourth-order valence-electron chi connectivity index (χ4n) is 2.86. The third-order valence-electron chi connectivity index (χ3n) is 4.03. The number of hydrogen-bond acceptors (Lipinski definition) is 6. The Morgan fingerprint density at radius 3 is 2.84 bits per heavy atom. The summed E-state index contributed by atoms with van der Waals surface area (Å²) < 4.78 is 11.5. The van der Waals surface area contributed by atoms with E-state index in [9.17, 15) is 10.1 Å². The van der Waals surface area contributed by atoms with Gasteiger partial charge in [0, 0.05) is 6.20 Å². The Labute approximate surface area is 143 Å². The Bertz CT molecular complexity index is 945. The number of hydrogen-bond donors (Lipinski definition) is 1. The first-order chi connectivity index (χ1) is 12.2. The maximum absolute atomic E-state index is 11.5. The number of nitro groups is 1. The lowest BCUT2D eigenvalue weighted by atomic mass is 10.1. The van der Waals surface area contributed by atoms with Crippen molar-refractivity contribution in [3.8, 4) is 11.5 Å². The van der Waals surface area contributed by atoms with Crippen LogP contribution < -0.4 is 14.8 Å². The van der Waals surface area contributed by atoms with Crippen LogP contribution in [-0.4, -0.2) is 29.2 Å². The topological polar surface area (TPSA) is 86.5 Å². The fraction of sp³-hybridized carbons (Fsp3) is 0.167. The molecular weight excluding hydrogens is 322 g/mol. The average Bonchev–Trinajstić information content (AvgIpc) is 2.65. The average molecular weight is 337 g/mol. The molecule has 0 spiro atoms. The molecule has 0 saturated carbocycles. The molecule has 3 aromatic rings. The van der Waals surface area contributed by atoms with Crippen LogP contribution in [0, 0.1) is 10.1 Å². The maximum Gasteiger partial charge on any atom is 0.301 e. The Morgan fingerprint density at radius 2 is 2.00 bits per heavy atom. The van der Waals surface area contributed by atoms with E-state index >= 15 is 0 Å². The maximum atomic E-state index is 11.5. The van der Waals surface area contributed by atoms with Gasteiger partial charge in [0.05, 0.1) is 22.4 Å². The van der Waals surface area contributed by atoms with Gasteiger partial charge in [0.1, 0.15) is 18.4 Å². The number of nitro benzene ring substituents is 1. The first kappa shape index (κ1) is 15.2. The number of nitrogens with zero attached hydrogens (tertiary/aromatic N) is 2. The number of para-hydroxylation sites is 2. The van der Waals surface area contributed by atoms with Gasteiger partial charge in [-0.25, -0.2) is 0 Å². The van der Waals surface area contributed by atoms with Gasteiger partial charge in [0.25, 0.3) is 0 Å². The molecular formula is C18H15N3O4. The number of ether oxygens (including phenoxy) is 2. The van der Waals surface area contributed by atoms with Crippen molar-refractivity contribution in [2.45, 2.75) is 6.10 Å². The second kappa shape index (κ2) is 6.27. The summed E-state index contributed by atoms with van der Waals surface area (Å²) in [4.78, 5) is 15.3. The number of aromatic nitrogens is 1.